The van der Waals surface area contributed by atoms with E-state index in [1.165, 1.54) is 29.2 Å². The maximum absolute atomic E-state index is 13.4. The predicted octanol–water partition coefficient (Wildman–Crippen LogP) is 2.53. The van der Waals surface area contributed by atoms with Crippen molar-refractivity contribution in [3.05, 3.63) is 72.5 Å². The molecule has 0 saturated carbocycles. The van der Waals surface area contributed by atoms with Crippen LogP contribution in [0.2, 0.25) is 0 Å². The highest BCUT2D eigenvalue weighted by atomic mass is 19.1. The Morgan fingerprint density at radius 3 is 2.61 bits per heavy atom. The number of aryl methyl sites for hydroxylation is 1. The number of amides is 1. The second-order valence-corrected chi connectivity index (χ2v) is 7.06. The van der Waals surface area contributed by atoms with E-state index >= 15 is 0 Å². The molecular formula is C21H17FN8O. The first kappa shape index (κ1) is 18.7. The van der Waals surface area contributed by atoms with E-state index in [2.05, 4.69) is 15.0 Å². The van der Waals surface area contributed by atoms with E-state index < -0.39 is 5.91 Å². The Labute approximate surface area is 175 Å². The molecule has 9 nitrogen and oxygen atoms in total. The number of primary amides is 1. The molecule has 1 amide bonds. The molecule has 0 spiro atoms. The number of hydrogen-bond acceptors (Lipinski definition) is 5. The number of nitrogens with two attached hydrogens (primary N) is 1. The van der Waals surface area contributed by atoms with Gasteiger partial charge >= 0.3 is 0 Å². The van der Waals surface area contributed by atoms with Crippen LogP contribution in [0.1, 0.15) is 16.3 Å². The molecule has 5 aromatic rings. The Balaban J connectivity index is 1.64. The van der Waals surface area contributed by atoms with Crippen molar-refractivity contribution in [2.24, 2.45) is 12.8 Å². The number of halogens is 1. The molecule has 2 N–H and O–H groups in total. The van der Waals surface area contributed by atoms with Gasteiger partial charge in [-0.05, 0) is 43.3 Å². The maximum Gasteiger partial charge on any atom is 0.267 e. The topological polar surface area (TPSA) is 109 Å². The summed E-state index contributed by atoms with van der Waals surface area (Å²) < 4.78 is 18.5. The van der Waals surface area contributed by atoms with Crippen molar-refractivity contribution < 1.29 is 9.18 Å². The fourth-order valence-corrected chi connectivity index (χ4v) is 3.48. The van der Waals surface area contributed by atoms with Gasteiger partial charge in [0.15, 0.2) is 11.5 Å². The van der Waals surface area contributed by atoms with E-state index in [4.69, 9.17) is 10.8 Å². The van der Waals surface area contributed by atoms with Gasteiger partial charge in [0.05, 0.1) is 23.8 Å². The van der Waals surface area contributed by atoms with Gasteiger partial charge in [-0.15, -0.1) is 0 Å². The van der Waals surface area contributed by atoms with Crippen molar-refractivity contribution >= 4 is 11.6 Å². The van der Waals surface area contributed by atoms with E-state index in [1.54, 1.807) is 22.8 Å². The van der Waals surface area contributed by atoms with Gasteiger partial charge in [0.2, 0.25) is 0 Å². The molecule has 0 aliphatic heterocycles. The molecule has 0 atom stereocenters. The monoisotopic (exact) mass is 416 g/mol. The zero-order chi connectivity index (χ0) is 21.7. The quantitative estimate of drug-likeness (QED) is 0.484. The highest BCUT2D eigenvalue weighted by molar-refractivity contribution is 5.91. The minimum Gasteiger partial charge on any atom is -0.364 e. The van der Waals surface area contributed by atoms with Gasteiger partial charge in [0.25, 0.3) is 5.91 Å². The number of carbonyl (C=O) groups excluding carboxylic acids is 1. The fourth-order valence-electron chi connectivity index (χ4n) is 3.48. The number of fused-ring (bicyclic) bond motifs is 1. The lowest BCUT2D eigenvalue weighted by Crippen LogP contribution is -2.15. The van der Waals surface area contributed by atoms with Gasteiger partial charge in [0.1, 0.15) is 29.4 Å². The normalized spacial score (nSPS) is 11.3. The Hall–Kier alpha value is -4.34. The number of nitrogens with zero attached hydrogens (tertiary/aromatic N) is 7. The summed E-state index contributed by atoms with van der Waals surface area (Å²) in [5.41, 5.74) is 9.18. The number of imidazole rings is 3. The minimum atomic E-state index is -0.600. The molecule has 0 radical (unpaired) electrons. The van der Waals surface area contributed by atoms with Crippen molar-refractivity contribution in [2.75, 3.05) is 0 Å². The van der Waals surface area contributed by atoms with Crippen LogP contribution in [0.15, 0.2) is 55.1 Å². The Morgan fingerprint density at radius 2 is 1.87 bits per heavy atom. The van der Waals surface area contributed by atoms with Crippen LogP contribution in [0, 0.1) is 12.7 Å². The number of hydrogen-bond donors (Lipinski definition) is 1. The van der Waals surface area contributed by atoms with Gasteiger partial charge in [-0.3, -0.25) is 9.36 Å². The molecule has 154 valence electrons. The largest absolute Gasteiger partial charge is 0.364 e. The van der Waals surface area contributed by atoms with Crippen LogP contribution in [0.3, 0.4) is 0 Å². The smallest absolute Gasteiger partial charge is 0.267 e. The molecule has 5 rings (SSSR count). The van der Waals surface area contributed by atoms with E-state index in [-0.39, 0.29) is 11.5 Å². The second kappa shape index (κ2) is 6.87. The molecule has 4 aromatic heterocycles. The SMILES string of the molecule is Cc1nc(-c2ccc(F)cc2)c(-c2ccc3nc(-n4cncc4C(N)=O)cn3n2)n1C. The average Bonchev–Trinajstić information content (AvgIpc) is 3.45. The number of benzene rings is 1. The van der Waals surface area contributed by atoms with Crippen molar-refractivity contribution in [3.63, 3.8) is 0 Å². The summed E-state index contributed by atoms with van der Waals surface area (Å²) in [5.74, 6) is 0.360. The van der Waals surface area contributed by atoms with Crippen molar-refractivity contribution in [1.82, 2.24) is 33.7 Å². The van der Waals surface area contributed by atoms with Gasteiger partial charge in [-0.25, -0.2) is 23.9 Å². The molecule has 4 heterocycles. The first-order valence-electron chi connectivity index (χ1n) is 9.41. The Kier molecular flexibility index (Phi) is 4.14. The zero-order valence-corrected chi connectivity index (χ0v) is 16.7. The molecule has 0 fully saturated rings. The lowest BCUT2D eigenvalue weighted by atomic mass is 10.1. The third kappa shape index (κ3) is 3.05. The first-order valence-corrected chi connectivity index (χ1v) is 9.41. The van der Waals surface area contributed by atoms with Crippen molar-refractivity contribution in [1.29, 1.82) is 0 Å². The lowest BCUT2D eigenvalue weighted by molar-refractivity contribution is 0.0993. The summed E-state index contributed by atoms with van der Waals surface area (Å²) in [6.07, 6.45) is 4.55. The third-order valence-corrected chi connectivity index (χ3v) is 5.12. The average molecular weight is 416 g/mol. The van der Waals surface area contributed by atoms with Crippen molar-refractivity contribution in [3.8, 4) is 28.5 Å². The highest BCUT2D eigenvalue weighted by Crippen LogP contribution is 2.31. The third-order valence-electron chi connectivity index (χ3n) is 5.12. The number of carbonyl (C=O) groups is 1. The summed E-state index contributed by atoms with van der Waals surface area (Å²) in [4.78, 5) is 24.8. The number of rotatable bonds is 4. The molecule has 1 aromatic carbocycles. The van der Waals surface area contributed by atoms with Gasteiger partial charge < -0.3 is 10.3 Å². The predicted molar refractivity (Wildman–Crippen MR) is 111 cm³/mol. The van der Waals surface area contributed by atoms with Crippen LogP contribution in [0.4, 0.5) is 4.39 Å². The molecule has 0 bridgehead atoms. The number of aromatic nitrogens is 7. The highest BCUT2D eigenvalue weighted by Gasteiger charge is 2.19. The van der Waals surface area contributed by atoms with Gasteiger partial charge in [-0.1, -0.05) is 0 Å². The summed E-state index contributed by atoms with van der Waals surface area (Å²) in [5, 5.41) is 4.70. The lowest BCUT2D eigenvalue weighted by Gasteiger charge is -2.07. The summed E-state index contributed by atoms with van der Waals surface area (Å²) in [6, 6.07) is 9.87. The van der Waals surface area contributed by atoms with Crippen LogP contribution in [0.5, 0.6) is 0 Å². The summed E-state index contributed by atoms with van der Waals surface area (Å²) >= 11 is 0. The van der Waals surface area contributed by atoms with E-state index in [0.29, 0.717) is 22.9 Å². The Morgan fingerprint density at radius 1 is 1.10 bits per heavy atom. The van der Waals surface area contributed by atoms with Gasteiger partial charge in [0, 0.05) is 12.6 Å². The van der Waals surface area contributed by atoms with E-state index in [9.17, 15) is 9.18 Å². The molecular weight excluding hydrogens is 399 g/mol. The minimum absolute atomic E-state index is 0.226. The summed E-state index contributed by atoms with van der Waals surface area (Å²) in [6.45, 7) is 1.90. The molecule has 0 aliphatic rings. The molecule has 0 unspecified atom stereocenters. The summed E-state index contributed by atoms with van der Waals surface area (Å²) in [7, 11) is 1.90. The second-order valence-electron chi connectivity index (χ2n) is 7.06. The van der Waals surface area contributed by atoms with Crippen LogP contribution < -0.4 is 5.73 Å². The molecule has 0 saturated heterocycles. The molecule has 0 aliphatic carbocycles. The van der Waals surface area contributed by atoms with E-state index in [1.807, 2.05) is 30.7 Å². The van der Waals surface area contributed by atoms with Crippen molar-refractivity contribution in [2.45, 2.75) is 6.92 Å². The van der Waals surface area contributed by atoms with Crippen LogP contribution in [-0.2, 0) is 7.05 Å². The van der Waals surface area contributed by atoms with E-state index in [0.717, 1.165) is 17.1 Å². The van der Waals surface area contributed by atoms with Crippen LogP contribution >= 0.6 is 0 Å². The standard InChI is InChI=1S/C21H17FN8O/c1-12-25-19(13-3-5-14(22)6-4-13)20(28(12)2)15-7-8-17-26-18(10-30(17)27-15)29-11-24-9-16(29)21(23)31/h3-11H,1-2H3,(H2,23,31). The molecule has 10 heteroatoms. The molecule has 31 heavy (non-hydrogen) atoms. The Bertz CT molecular complexity index is 1440. The maximum atomic E-state index is 13.4. The van der Waals surface area contributed by atoms with Crippen LogP contribution in [0.25, 0.3) is 34.1 Å². The van der Waals surface area contributed by atoms with Crippen LogP contribution in [-0.4, -0.2) is 39.6 Å². The van der Waals surface area contributed by atoms with Gasteiger partial charge in [-0.2, -0.15) is 5.10 Å². The fraction of sp³-hybridized carbons (Fsp3) is 0.0952. The first-order chi connectivity index (χ1) is 14.9. The zero-order valence-electron chi connectivity index (χ0n) is 16.7.